The predicted octanol–water partition coefficient (Wildman–Crippen LogP) is 1.63. The maximum atomic E-state index is 15.6. The molecular weight excluding hydrogens is 463 g/mol. The van der Waals surface area contributed by atoms with Crippen LogP contribution in [0.3, 0.4) is 0 Å². The van der Waals surface area contributed by atoms with Crippen molar-refractivity contribution < 1.29 is 27.1 Å². The van der Waals surface area contributed by atoms with E-state index in [0.717, 1.165) is 6.26 Å². The molecule has 3 aliphatic rings. The number of rotatable bonds is 7. The number of halogens is 1. The lowest BCUT2D eigenvalue weighted by molar-refractivity contribution is -0.168. The van der Waals surface area contributed by atoms with Crippen LogP contribution >= 0.6 is 0 Å². The molecule has 0 spiro atoms. The lowest BCUT2D eigenvalue weighted by Gasteiger charge is -2.58. The highest BCUT2D eigenvalue weighted by atomic mass is 32.2. The van der Waals surface area contributed by atoms with E-state index in [1.807, 2.05) is 0 Å². The Bertz CT molecular complexity index is 1210. The molecule has 1 aromatic heterocycles. The van der Waals surface area contributed by atoms with Crippen LogP contribution in [-0.4, -0.2) is 65.5 Å². The Kier molecular flexibility index (Phi) is 6.52. The zero-order chi connectivity index (χ0) is 24.8. The van der Waals surface area contributed by atoms with E-state index in [2.05, 4.69) is 9.82 Å². The molecule has 184 valence electrons. The van der Waals surface area contributed by atoms with Crippen LogP contribution in [0.5, 0.6) is 0 Å². The summed E-state index contributed by atoms with van der Waals surface area (Å²) in [6.45, 7) is 2.72. The second kappa shape index (κ2) is 9.10. The van der Waals surface area contributed by atoms with E-state index in [1.165, 1.54) is 13.8 Å². The van der Waals surface area contributed by atoms with Gasteiger partial charge in [0.1, 0.15) is 5.82 Å². The quantitative estimate of drug-likeness (QED) is 0.589. The number of fused-ring (bicyclic) bond motifs is 2. The predicted molar refractivity (Wildman–Crippen MR) is 122 cm³/mol. The Morgan fingerprint density at radius 2 is 2.00 bits per heavy atom. The van der Waals surface area contributed by atoms with Crippen LogP contribution in [0.15, 0.2) is 30.5 Å². The van der Waals surface area contributed by atoms with Gasteiger partial charge < -0.3 is 9.64 Å². The van der Waals surface area contributed by atoms with Crippen LogP contribution in [0, 0.1) is 11.7 Å². The molecule has 1 aliphatic carbocycles. The maximum Gasteiger partial charge on any atom is 0.303 e. The van der Waals surface area contributed by atoms with Gasteiger partial charge in [0.15, 0.2) is 6.10 Å². The SMILES string of the molecule is CC(=O)O[C@H](C)C(=O)N1C2CC(C2)[C@H](NS(C)(=O)=O)[C@@H]1Cc1cccc(-c2ccn(C)n2)c1F. The van der Waals surface area contributed by atoms with Crippen molar-refractivity contribution in [3.8, 4) is 11.3 Å². The van der Waals surface area contributed by atoms with E-state index in [0.29, 0.717) is 29.7 Å². The van der Waals surface area contributed by atoms with Crippen molar-refractivity contribution in [3.63, 3.8) is 0 Å². The van der Waals surface area contributed by atoms with Gasteiger partial charge in [-0.3, -0.25) is 14.3 Å². The van der Waals surface area contributed by atoms with Gasteiger partial charge in [0, 0.05) is 37.8 Å². The Balaban J connectivity index is 1.70. The topological polar surface area (TPSA) is 111 Å². The molecule has 1 saturated carbocycles. The third-order valence-corrected chi connectivity index (χ3v) is 7.32. The molecule has 34 heavy (non-hydrogen) atoms. The highest BCUT2D eigenvalue weighted by Gasteiger charge is 2.54. The second-order valence-corrected chi connectivity index (χ2v) is 11.0. The van der Waals surface area contributed by atoms with Crippen LogP contribution in [0.2, 0.25) is 0 Å². The second-order valence-electron chi connectivity index (χ2n) is 9.22. The number of nitrogens with one attached hydrogen (secondary N) is 1. The Morgan fingerprint density at radius 3 is 2.59 bits per heavy atom. The largest absolute Gasteiger partial charge is 0.453 e. The molecular formula is C23H29FN4O5S. The number of carbonyl (C=O) groups is 2. The van der Waals surface area contributed by atoms with Gasteiger partial charge in [0.05, 0.1) is 18.0 Å². The molecule has 3 fully saturated rings. The Labute approximate surface area is 198 Å². The van der Waals surface area contributed by atoms with Crippen LogP contribution in [0.25, 0.3) is 11.3 Å². The number of ether oxygens (including phenoxy) is 1. The number of hydrogen-bond donors (Lipinski definition) is 1. The molecule has 2 aliphatic heterocycles. The summed E-state index contributed by atoms with van der Waals surface area (Å²) < 4.78 is 49.3. The fraction of sp³-hybridized carbons (Fsp3) is 0.522. The van der Waals surface area contributed by atoms with E-state index < -0.39 is 45.9 Å². The Hall–Kier alpha value is -2.79. The normalized spacial score (nSPS) is 24.9. The summed E-state index contributed by atoms with van der Waals surface area (Å²) in [4.78, 5) is 26.4. The minimum Gasteiger partial charge on any atom is -0.453 e. The van der Waals surface area contributed by atoms with Crippen molar-refractivity contribution in [2.75, 3.05) is 6.26 Å². The molecule has 11 heteroatoms. The first-order valence-corrected chi connectivity index (χ1v) is 13.1. The van der Waals surface area contributed by atoms with Crippen LogP contribution in [0.1, 0.15) is 32.3 Å². The van der Waals surface area contributed by atoms with Gasteiger partial charge in [-0.25, -0.2) is 17.5 Å². The molecule has 1 N–H and O–H groups in total. The van der Waals surface area contributed by atoms with Crippen LogP contribution in [-0.2, 0) is 37.8 Å². The molecule has 2 saturated heterocycles. The van der Waals surface area contributed by atoms with Gasteiger partial charge >= 0.3 is 5.97 Å². The van der Waals surface area contributed by atoms with Crippen molar-refractivity contribution in [1.82, 2.24) is 19.4 Å². The monoisotopic (exact) mass is 492 g/mol. The number of benzene rings is 1. The maximum absolute atomic E-state index is 15.6. The number of aryl methyl sites for hydroxylation is 1. The number of sulfonamides is 1. The molecule has 2 bridgehead atoms. The third-order valence-electron chi connectivity index (χ3n) is 6.62. The lowest BCUT2D eigenvalue weighted by Crippen LogP contribution is -2.71. The van der Waals surface area contributed by atoms with Crippen molar-refractivity contribution >= 4 is 21.9 Å². The number of amides is 1. The third kappa shape index (κ3) is 4.85. The summed E-state index contributed by atoms with van der Waals surface area (Å²) in [5, 5.41) is 4.28. The van der Waals surface area contributed by atoms with Crippen LogP contribution < -0.4 is 4.72 Å². The molecule has 5 rings (SSSR count). The van der Waals surface area contributed by atoms with E-state index in [1.54, 1.807) is 47.1 Å². The highest BCUT2D eigenvalue weighted by Crippen LogP contribution is 2.44. The minimum atomic E-state index is -3.58. The number of hydrogen-bond acceptors (Lipinski definition) is 6. The van der Waals surface area contributed by atoms with Gasteiger partial charge in [-0.15, -0.1) is 0 Å². The molecule has 2 aromatic rings. The number of nitrogens with zero attached hydrogens (tertiary/aromatic N) is 3. The fourth-order valence-electron chi connectivity index (χ4n) is 5.13. The Morgan fingerprint density at radius 1 is 1.29 bits per heavy atom. The fourth-order valence-corrected chi connectivity index (χ4v) is 5.97. The standard InChI is InChI=1S/C23H29FN4O5S/c1-13(33-14(2)29)23(30)28-17-10-16(11-17)22(26-34(4,31)32)20(28)12-15-6-5-7-18(21(15)24)19-8-9-27(3)25-19/h5-9,13,16-17,20,22,26H,10-12H2,1-4H3/t13-,16?,17?,20+,22+/m1/s1. The summed E-state index contributed by atoms with van der Waals surface area (Å²) in [6.07, 6.45) is 3.15. The summed E-state index contributed by atoms with van der Waals surface area (Å²) >= 11 is 0. The summed E-state index contributed by atoms with van der Waals surface area (Å²) in [6, 6.07) is 5.38. The van der Waals surface area contributed by atoms with E-state index in [9.17, 15) is 18.0 Å². The first-order valence-electron chi connectivity index (χ1n) is 11.2. The smallest absolute Gasteiger partial charge is 0.303 e. The number of piperidine rings is 2. The summed E-state index contributed by atoms with van der Waals surface area (Å²) in [5.74, 6) is -1.41. The molecule has 1 amide bonds. The first-order chi connectivity index (χ1) is 15.9. The number of esters is 1. The molecule has 3 heterocycles. The molecule has 3 atom stereocenters. The zero-order valence-electron chi connectivity index (χ0n) is 19.6. The average molecular weight is 493 g/mol. The molecule has 0 unspecified atom stereocenters. The van der Waals surface area contributed by atoms with Crippen molar-refractivity contribution in [2.24, 2.45) is 13.0 Å². The van der Waals surface area contributed by atoms with Crippen LogP contribution in [0.4, 0.5) is 4.39 Å². The molecule has 9 nitrogen and oxygen atoms in total. The number of aromatic nitrogens is 2. The minimum absolute atomic E-state index is 0.0415. The van der Waals surface area contributed by atoms with Gasteiger partial charge in [0.25, 0.3) is 5.91 Å². The van der Waals surface area contributed by atoms with E-state index >= 15 is 4.39 Å². The van der Waals surface area contributed by atoms with E-state index in [-0.39, 0.29) is 18.4 Å². The number of carbonyl (C=O) groups excluding carboxylic acids is 2. The van der Waals surface area contributed by atoms with Gasteiger partial charge in [-0.05, 0) is 49.8 Å². The van der Waals surface area contributed by atoms with Crippen molar-refractivity contribution in [3.05, 3.63) is 41.8 Å². The van der Waals surface area contributed by atoms with Crippen molar-refractivity contribution in [2.45, 2.75) is 57.3 Å². The van der Waals surface area contributed by atoms with E-state index in [4.69, 9.17) is 4.74 Å². The first kappa shape index (κ1) is 24.3. The molecule has 0 radical (unpaired) electrons. The van der Waals surface area contributed by atoms with Crippen molar-refractivity contribution in [1.29, 1.82) is 0 Å². The average Bonchev–Trinajstić information content (AvgIpc) is 3.13. The highest BCUT2D eigenvalue weighted by molar-refractivity contribution is 7.88. The lowest BCUT2D eigenvalue weighted by atomic mass is 9.66. The zero-order valence-corrected chi connectivity index (χ0v) is 20.4. The summed E-state index contributed by atoms with van der Waals surface area (Å²) in [5.41, 5.74) is 1.17. The molecule has 1 aromatic carbocycles. The summed E-state index contributed by atoms with van der Waals surface area (Å²) in [7, 11) is -1.84. The van der Waals surface area contributed by atoms with Gasteiger partial charge in [0.2, 0.25) is 10.0 Å². The van der Waals surface area contributed by atoms with Gasteiger partial charge in [-0.2, -0.15) is 5.10 Å². The van der Waals surface area contributed by atoms with Gasteiger partial charge in [-0.1, -0.05) is 12.1 Å².